The van der Waals surface area contributed by atoms with Crippen LogP contribution in [0.3, 0.4) is 0 Å². The fraction of sp³-hybridized carbons (Fsp3) is 0.929. The van der Waals surface area contributed by atoms with Crippen LogP contribution < -0.4 is 11.1 Å². The van der Waals surface area contributed by atoms with Crippen LogP contribution >= 0.6 is 0 Å². The lowest BCUT2D eigenvalue weighted by Crippen LogP contribution is -2.39. The predicted octanol–water partition coefficient (Wildman–Crippen LogP) is 1.21. The van der Waals surface area contributed by atoms with Crippen molar-refractivity contribution in [2.24, 2.45) is 17.1 Å². The zero-order chi connectivity index (χ0) is 13.6. The summed E-state index contributed by atoms with van der Waals surface area (Å²) in [5.41, 5.74) is 5.76. The lowest BCUT2D eigenvalue weighted by molar-refractivity contribution is -0.122. The fourth-order valence-electron chi connectivity index (χ4n) is 2.65. The average molecular weight is 255 g/mol. The molecule has 0 aromatic rings. The normalized spacial score (nSPS) is 22.6. The Hall–Kier alpha value is -0.610. The van der Waals surface area contributed by atoms with Gasteiger partial charge in [0, 0.05) is 13.1 Å². The van der Waals surface area contributed by atoms with Crippen LogP contribution in [0, 0.1) is 11.3 Å². The molecule has 3 N–H and O–H groups in total. The summed E-state index contributed by atoms with van der Waals surface area (Å²) in [5.74, 6) is 0.879. The van der Waals surface area contributed by atoms with Gasteiger partial charge in [0.1, 0.15) is 0 Å². The third kappa shape index (κ3) is 5.36. The molecule has 1 fully saturated rings. The maximum absolute atomic E-state index is 11.7. The van der Waals surface area contributed by atoms with E-state index < -0.39 is 0 Å². The maximum Gasteiger partial charge on any atom is 0.234 e. The molecular weight excluding hydrogens is 226 g/mol. The predicted molar refractivity (Wildman–Crippen MR) is 75.3 cm³/mol. The van der Waals surface area contributed by atoms with Gasteiger partial charge in [0.05, 0.1) is 6.54 Å². The van der Waals surface area contributed by atoms with Crippen molar-refractivity contribution in [3.63, 3.8) is 0 Å². The Bertz CT molecular complexity index is 260. The SMILES string of the molecule is CC(C)(C)C1CCCN(CC(=O)NCCN)CC1. The van der Waals surface area contributed by atoms with E-state index in [0.717, 1.165) is 19.0 Å². The first-order chi connectivity index (χ1) is 8.43. The number of likely N-dealkylation sites (tertiary alicyclic amines) is 1. The van der Waals surface area contributed by atoms with E-state index in [2.05, 4.69) is 31.0 Å². The van der Waals surface area contributed by atoms with Crippen LogP contribution in [0.5, 0.6) is 0 Å². The highest BCUT2D eigenvalue weighted by atomic mass is 16.2. The van der Waals surface area contributed by atoms with Gasteiger partial charge in [-0.15, -0.1) is 0 Å². The summed E-state index contributed by atoms with van der Waals surface area (Å²) in [4.78, 5) is 13.9. The molecule has 0 bridgehead atoms. The maximum atomic E-state index is 11.7. The van der Waals surface area contributed by atoms with Crippen molar-refractivity contribution in [3.8, 4) is 0 Å². The third-order valence-corrected chi connectivity index (χ3v) is 3.88. The molecule has 0 aliphatic carbocycles. The van der Waals surface area contributed by atoms with E-state index in [-0.39, 0.29) is 5.91 Å². The summed E-state index contributed by atoms with van der Waals surface area (Å²) < 4.78 is 0. The lowest BCUT2D eigenvalue weighted by Gasteiger charge is -2.29. The van der Waals surface area contributed by atoms with Gasteiger partial charge in [-0.25, -0.2) is 0 Å². The zero-order valence-corrected chi connectivity index (χ0v) is 12.2. The molecule has 1 unspecified atom stereocenters. The number of carbonyl (C=O) groups excluding carboxylic acids is 1. The molecule has 1 atom stereocenters. The van der Waals surface area contributed by atoms with Crippen molar-refractivity contribution < 1.29 is 4.79 Å². The van der Waals surface area contributed by atoms with Gasteiger partial charge in [0.2, 0.25) is 5.91 Å². The van der Waals surface area contributed by atoms with Crippen LogP contribution in [0.2, 0.25) is 0 Å². The van der Waals surface area contributed by atoms with E-state index in [1.165, 1.54) is 19.3 Å². The third-order valence-electron chi connectivity index (χ3n) is 3.88. The first kappa shape index (κ1) is 15.4. The topological polar surface area (TPSA) is 58.4 Å². The molecule has 4 heteroatoms. The number of rotatable bonds is 4. The highest BCUT2D eigenvalue weighted by Crippen LogP contribution is 2.34. The van der Waals surface area contributed by atoms with Gasteiger partial charge in [-0.05, 0) is 43.7 Å². The quantitative estimate of drug-likeness (QED) is 0.794. The van der Waals surface area contributed by atoms with Crippen molar-refractivity contribution in [1.82, 2.24) is 10.2 Å². The molecule has 0 aromatic heterocycles. The zero-order valence-electron chi connectivity index (χ0n) is 12.2. The fourth-order valence-corrected chi connectivity index (χ4v) is 2.65. The number of nitrogens with one attached hydrogen (secondary N) is 1. The summed E-state index contributed by atoms with van der Waals surface area (Å²) in [6.45, 7) is 10.7. The summed E-state index contributed by atoms with van der Waals surface area (Å²) in [7, 11) is 0. The van der Waals surface area contributed by atoms with Gasteiger partial charge >= 0.3 is 0 Å². The second kappa shape index (κ2) is 7.10. The van der Waals surface area contributed by atoms with E-state index in [1.54, 1.807) is 0 Å². The highest BCUT2D eigenvalue weighted by molar-refractivity contribution is 5.77. The van der Waals surface area contributed by atoms with E-state index >= 15 is 0 Å². The summed E-state index contributed by atoms with van der Waals surface area (Å²) in [5, 5.41) is 2.84. The van der Waals surface area contributed by atoms with Gasteiger partial charge in [0.25, 0.3) is 0 Å². The highest BCUT2D eigenvalue weighted by Gasteiger charge is 2.27. The molecule has 18 heavy (non-hydrogen) atoms. The molecule has 106 valence electrons. The van der Waals surface area contributed by atoms with E-state index in [0.29, 0.717) is 25.0 Å². The monoisotopic (exact) mass is 255 g/mol. The van der Waals surface area contributed by atoms with Crippen LogP contribution in [-0.4, -0.2) is 43.5 Å². The van der Waals surface area contributed by atoms with Crippen molar-refractivity contribution in [3.05, 3.63) is 0 Å². The lowest BCUT2D eigenvalue weighted by atomic mass is 9.77. The molecule has 1 aliphatic rings. The van der Waals surface area contributed by atoms with E-state index in [1.807, 2.05) is 0 Å². The molecular formula is C14H29N3O. The molecule has 0 spiro atoms. The first-order valence-electron chi connectivity index (χ1n) is 7.12. The van der Waals surface area contributed by atoms with Gasteiger partial charge in [-0.3, -0.25) is 9.69 Å². The van der Waals surface area contributed by atoms with Crippen molar-refractivity contribution >= 4 is 5.91 Å². The molecule has 1 amide bonds. The summed E-state index contributed by atoms with van der Waals surface area (Å²) in [6.07, 6.45) is 3.68. The molecule has 1 saturated heterocycles. The molecule has 1 heterocycles. The van der Waals surface area contributed by atoms with Crippen molar-refractivity contribution in [1.29, 1.82) is 0 Å². The standard InChI is InChI=1S/C14H29N3O/c1-14(2,3)12-5-4-9-17(10-6-12)11-13(18)16-8-7-15/h12H,4-11,15H2,1-3H3,(H,16,18). The summed E-state index contributed by atoms with van der Waals surface area (Å²) >= 11 is 0. The smallest absolute Gasteiger partial charge is 0.234 e. The minimum atomic E-state index is 0.106. The first-order valence-corrected chi connectivity index (χ1v) is 7.12. The average Bonchev–Trinajstić information content (AvgIpc) is 2.51. The number of carbonyl (C=O) groups is 1. The van der Waals surface area contributed by atoms with Gasteiger partial charge < -0.3 is 11.1 Å². The molecule has 0 aromatic carbocycles. The Morgan fingerprint density at radius 2 is 2.06 bits per heavy atom. The Morgan fingerprint density at radius 3 is 2.67 bits per heavy atom. The molecule has 1 rings (SSSR count). The van der Waals surface area contributed by atoms with E-state index in [9.17, 15) is 4.79 Å². The Morgan fingerprint density at radius 1 is 1.33 bits per heavy atom. The van der Waals surface area contributed by atoms with Crippen LogP contribution in [0.15, 0.2) is 0 Å². The second-order valence-electron chi connectivity index (χ2n) is 6.41. The number of hydrogen-bond acceptors (Lipinski definition) is 3. The largest absolute Gasteiger partial charge is 0.354 e. The van der Waals surface area contributed by atoms with Gasteiger partial charge in [-0.2, -0.15) is 0 Å². The van der Waals surface area contributed by atoms with Crippen LogP contribution in [-0.2, 0) is 4.79 Å². The molecule has 0 radical (unpaired) electrons. The van der Waals surface area contributed by atoms with Gasteiger partial charge in [0.15, 0.2) is 0 Å². The molecule has 4 nitrogen and oxygen atoms in total. The van der Waals surface area contributed by atoms with Crippen molar-refractivity contribution in [2.45, 2.75) is 40.0 Å². The van der Waals surface area contributed by atoms with Crippen LogP contribution in [0.25, 0.3) is 0 Å². The Kier molecular flexibility index (Phi) is 6.09. The number of nitrogens with two attached hydrogens (primary N) is 1. The minimum Gasteiger partial charge on any atom is -0.354 e. The summed E-state index contributed by atoms with van der Waals surface area (Å²) in [6, 6.07) is 0. The second-order valence-corrected chi connectivity index (χ2v) is 6.41. The minimum absolute atomic E-state index is 0.106. The Balaban J connectivity index is 2.35. The van der Waals surface area contributed by atoms with Crippen LogP contribution in [0.1, 0.15) is 40.0 Å². The number of hydrogen-bond donors (Lipinski definition) is 2. The van der Waals surface area contributed by atoms with Crippen LogP contribution in [0.4, 0.5) is 0 Å². The molecule has 1 aliphatic heterocycles. The Labute approximate surface area is 111 Å². The van der Waals surface area contributed by atoms with Gasteiger partial charge in [-0.1, -0.05) is 20.8 Å². The number of amides is 1. The molecule has 0 saturated carbocycles. The van der Waals surface area contributed by atoms with Crippen molar-refractivity contribution in [2.75, 3.05) is 32.7 Å². The number of nitrogens with zero attached hydrogens (tertiary/aromatic N) is 1. The van der Waals surface area contributed by atoms with E-state index in [4.69, 9.17) is 5.73 Å².